The Morgan fingerprint density at radius 1 is 1.26 bits per heavy atom. The molecule has 4 heteroatoms. The van der Waals surface area contributed by atoms with Gasteiger partial charge in [-0.1, -0.05) is 6.07 Å². The molecule has 0 aliphatic rings. The molecule has 0 fully saturated rings. The lowest BCUT2D eigenvalue weighted by Crippen LogP contribution is -1.97. The Hall–Kier alpha value is -2.67. The Bertz CT molecular complexity index is 702. The van der Waals surface area contributed by atoms with Gasteiger partial charge in [-0.05, 0) is 53.9 Å². The number of carboxylic acids is 1. The van der Waals surface area contributed by atoms with Crippen LogP contribution in [0.5, 0.6) is 0 Å². The fourth-order valence-corrected chi connectivity index (χ4v) is 1.93. The van der Waals surface area contributed by atoms with Gasteiger partial charge in [-0.2, -0.15) is 5.26 Å². The van der Waals surface area contributed by atoms with Crippen molar-refractivity contribution in [3.05, 3.63) is 58.9 Å². The third kappa shape index (κ3) is 2.61. The highest BCUT2D eigenvalue weighted by molar-refractivity contribution is 5.89. The van der Waals surface area contributed by atoms with Gasteiger partial charge in [0.15, 0.2) is 0 Å². The molecule has 0 radical (unpaired) electrons. The van der Waals surface area contributed by atoms with E-state index in [2.05, 4.69) is 0 Å². The number of nitrogens with zero attached hydrogens (tertiary/aromatic N) is 1. The zero-order valence-electron chi connectivity index (χ0n) is 10.1. The maximum absolute atomic E-state index is 13.4. The summed E-state index contributed by atoms with van der Waals surface area (Å²) in [6, 6.07) is 10.6. The molecule has 94 valence electrons. The minimum Gasteiger partial charge on any atom is -0.478 e. The molecule has 0 saturated heterocycles. The van der Waals surface area contributed by atoms with Crippen molar-refractivity contribution < 1.29 is 14.3 Å². The van der Waals surface area contributed by atoms with Crippen LogP contribution in [-0.2, 0) is 0 Å². The van der Waals surface area contributed by atoms with E-state index in [9.17, 15) is 9.18 Å². The molecule has 2 aromatic carbocycles. The first-order valence-corrected chi connectivity index (χ1v) is 5.56. The minimum absolute atomic E-state index is 0.179. The van der Waals surface area contributed by atoms with Crippen LogP contribution in [0.2, 0.25) is 0 Å². The lowest BCUT2D eigenvalue weighted by molar-refractivity contribution is 0.0697. The van der Waals surface area contributed by atoms with E-state index in [1.807, 2.05) is 6.07 Å². The van der Waals surface area contributed by atoms with Gasteiger partial charge in [-0.3, -0.25) is 0 Å². The number of carboxylic acid groups (broad SMARTS) is 1. The molecule has 1 N–H and O–H groups in total. The van der Waals surface area contributed by atoms with Crippen molar-refractivity contribution in [2.45, 2.75) is 6.92 Å². The van der Waals surface area contributed by atoms with E-state index < -0.39 is 11.8 Å². The van der Waals surface area contributed by atoms with Crippen molar-refractivity contribution in [2.24, 2.45) is 0 Å². The average molecular weight is 255 g/mol. The summed E-state index contributed by atoms with van der Waals surface area (Å²) in [6.07, 6.45) is 0. The minimum atomic E-state index is -1.01. The normalized spacial score (nSPS) is 9.95. The van der Waals surface area contributed by atoms with Crippen LogP contribution in [0.25, 0.3) is 11.1 Å². The Kier molecular flexibility index (Phi) is 3.30. The van der Waals surface area contributed by atoms with Crippen LogP contribution < -0.4 is 0 Å². The quantitative estimate of drug-likeness (QED) is 0.894. The summed E-state index contributed by atoms with van der Waals surface area (Å²) < 4.78 is 13.4. The van der Waals surface area contributed by atoms with Gasteiger partial charge in [0, 0.05) is 0 Å². The van der Waals surface area contributed by atoms with Crippen LogP contribution >= 0.6 is 0 Å². The van der Waals surface area contributed by atoms with Gasteiger partial charge in [-0.15, -0.1) is 0 Å². The van der Waals surface area contributed by atoms with Crippen LogP contribution in [0, 0.1) is 24.1 Å². The number of hydrogen-bond acceptors (Lipinski definition) is 2. The maximum atomic E-state index is 13.4. The van der Waals surface area contributed by atoms with Crippen LogP contribution in [0.15, 0.2) is 36.4 Å². The maximum Gasteiger partial charge on any atom is 0.335 e. The number of halogens is 1. The second kappa shape index (κ2) is 4.91. The number of aromatic carboxylic acids is 1. The topological polar surface area (TPSA) is 61.1 Å². The Labute approximate surface area is 109 Å². The van der Waals surface area contributed by atoms with Gasteiger partial charge in [-0.25, -0.2) is 9.18 Å². The van der Waals surface area contributed by atoms with Gasteiger partial charge < -0.3 is 5.11 Å². The summed E-state index contributed by atoms with van der Waals surface area (Å²) in [5.74, 6) is -1.50. The largest absolute Gasteiger partial charge is 0.478 e. The van der Waals surface area contributed by atoms with E-state index in [4.69, 9.17) is 10.4 Å². The molecule has 0 aromatic heterocycles. The SMILES string of the molecule is Cc1cc(C(=O)O)ccc1-c1cc(F)cc(C#N)c1. The van der Waals surface area contributed by atoms with E-state index >= 15 is 0 Å². The highest BCUT2D eigenvalue weighted by Crippen LogP contribution is 2.26. The Morgan fingerprint density at radius 3 is 2.58 bits per heavy atom. The molecule has 0 spiro atoms. The molecule has 0 heterocycles. The fraction of sp³-hybridized carbons (Fsp3) is 0.0667. The van der Waals surface area contributed by atoms with Crippen molar-refractivity contribution in [2.75, 3.05) is 0 Å². The molecule has 0 saturated carbocycles. The van der Waals surface area contributed by atoms with Crippen molar-refractivity contribution in [3.63, 3.8) is 0 Å². The van der Waals surface area contributed by atoms with Crippen LogP contribution in [0.3, 0.4) is 0 Å². The predicted molar refractivity (Wildman–Crippen MR) is 68.2 cm³/mol. The molecule has 19 heavy (non-hydrogen) atoms. The zero-order valence-corrected chi connectivity index (χ0v) is 10.1. The van der Waals surface area contributed by atoms with Crippen molar-refractivity contribution >= 4 is 5.97 Å². The van der Waals surface area contributed by atoms with Crippen molar-refractivity contribution in [3.8, 4) is 17.2 Å². The van der Waals surface area contributed by atoms with Crippen molar-refractivity contribution in [1.82, 2.24) is 0 Å². The van der Waals surface area contributed by atoms with Crippen LogP contribution in [0.1, 0.15) is 21.5 Å². The predicted octanol–water partition coefficient (Wildman–Crippen LogP) is 3.37. The highest BCUT2D eigenvalue weighted by Gasteiger charge is 2.09. The molecule has 3 nitrogen and oxygen atoms in total. The molecular weight excluding hydrogens is 245 g/mol. The van der Waals surface area contributed by atoms with Gasteiger partial charge in [0.1, 0.15) is 5.82 Å². The third-order valence-electron chi connectivity index (χ3n) is 2.81. The first kappa shape index (κ1) is 12.8. The van der Waals surface area contributed by atoms with Crippen molar-refractivity contribution in [1.29, 1.82) is 5.26 Å². The number of aryl methyl sites for hydroxylation is 1. The zero-order chi connectivity index (χ0) is 14.0. The molecule has 0 atom stereocenters. The third-order valence-corrected chi connectivity index (χ3v) is 2.81. The number of rotatable bonds is 2. The second-order valence-corrected chi connectivity index (χ2v) is 4.18. The highest BCUT2D eigenvalue weighted by atomic mass is 19.1. The Balaban J connectivity index is 2.57. The first-order chi connectivity index (χ1) is 9.01. The molecule has 0 amide bonds. The summed E-state index contributed by atoms with van der Waals surface area (Å²) in [6.45, 7) is 1.75. The molecule has 2 aromatic rings. The van der Waals surface area contributed by atoms with Crippen LogP contribution in [0.4, 0.5) is 4.39 Å². The average Bonchev–Trinajstić information content (AvgIpc) is 2.37. The van der Waals surface area contributed by atoms with Gasteiger partial charge in [0.25, 0.3) is 0 Å². The summed E-state index contributed by atoms with van der Waals surface area (Å²) in [4.78, 5) is 10.9. The molecule has 0 unspecified atom stereocenters. The van der Waals surface area contributed by atoms with Gasteiger partial charge in [0.2, 0.25) is 0 Å². The smallest absolute Gasteiger partial charge is 0.335 e. The molecule has 2 rings (SSSR count). The second-order valence-electron chi connectivity index (χ2n) is 4.18. The van der Waals surface area contributed by atoms with E-state index in [1.165, 1.54) is 18.2 Å². The van der Waals surface area contributed by atoms with E-state index in [0.717, 1.165) is 11.6 Å². The number of benzene rings is 2. The number of nitriles is 1. The van der Waals surface area contributed by atoms with Gasteiger partial charge in [0.05, 0.1) is 17.2 Å². The summed E-state index contributed by atoms with van der Waals surface area (Å²) >= 11 is 0. The standard InChI is InChI=1S/C15H10FNO2/c1-9-4-11(15(18)19)2-3-14(9)12-5-10(8-17)6-13(16)7-12/h2-7H,1H3,(H,18,19). The van der Waals surface area contributed by atoms with E-state index in [1.54, 1.807) is 19.1 Å². The lowest BCUT2D eigenvalue weighted by atomic mass is 9.97. The summed E-state index contributed by atoms with van der Waals surface area (Å²) in [7, 11) is 0. The van der Waals surface area contributed by atoms with E-state index in [0.29, 0.717) is 11.1 Å². The Morgan fingerprint density at radius 2 is 2.00 bits per heavy atom. The lowest BCUT2D eigenvalue weighted by Gasteiger charge is -2.08. The first-order valence-electron chi connectivity index (χ1n) is 5.56. The fourth-order valence-electron chi connectivity index (χ4n) is 1.93. The molecule has 0 bridgehead atoms. The number of hydrogen-bond donors (Lipinski definition) is 1. The molecule has 0 aliphatic carbocycles. The summed E-state index contributed by atoms with van der Waals surface area (Å²) in [5, 5.41) is 17.7. The molecule has 0 aliphatic heterocycles. The summed E-state index contributed by atoms with van der Waals surface area (Å²) in [5.41, 5.74) is 2.40. The van der Waals surface area contributed by atoms with E-state index in [-0.39, 0.29) is 11.1 Å². The molecular formula is C15H10FNO2. The number of carbonyl (C=O) groups is 1. The van der Waals surface area contributed by atoms with Gasteiger partial charge >= 0.3 is 5.97 Å². The van der Waals surface area contributed by atoms with Crippen LogP contribution in [-0.4, -0.2) is 11.1 Å². The monoisotopic (exact) mass is 255 g/mol.